The summed E-state index contributed by atoms with van der Waals surface area (Å²) in [4.78, 5) is 11.6. The fourth-order valence-corrected chi connectivity index (χ4v) is 4.35. The fourth-order valence-electron chi connectivity index (χ4n) is 2.58. The summed E-state index contributed by atoms with van der Waals surface area (Å²) in [6.07, 6.45) is 0.709. The predicted molar refractivity (Wildman–Crippen MR) is 76.3 cm³/mol. The van der Waals surface area contributed by atoms with Crippen molar-refractivity contribution in [2.75, 3.05) is 20.3 Å². The zero-order valence-corrected chi connectivity index (χ0v) is 12.8. The van der Waals surface area contributed by atoms with Gasteiger partial charge in [-0.3, -0.25) is 0 Å². The minimum atomic E-state index is -3.73. The monoisotopic (exact) mass is 313 g/mol. The molecule has 6 nitrogen and oxygen atoms in total. The highest BCUT2D eigenvalue weighted by molar-refractivity contribution is 7.89. The standard InChI is InChI=1S/C14H19NO5S/c1-10-6-7-15(13(10)9-16)21(18,19)12-5-3-4-11(8-12)14(17)20-2/h3-5,8,10,13,16H,6-7,9H2,1-2H3. The lowest BCUT2D eigenvalue weighted by Crippen LogP contribution is -2.39. The van der Waals surface area contributed by atoms with Gasteiger partial charge in [-0.1, -0.05) is 13.0 Å². The fraction of sp³-hybridized carbons (Fsp3) is 0.500. The van der Waals surface area contributed by atoms with Crippen LogP contribution < -0.4 is 0 Å². The molecule has 1 fully saturated rings. The van der Waals surface area contributed by atoms with Crippen molar-refractivity contribution in [2.24, 2.45) is 5.92 Å². The van der Waals surface area contributed by atoms with Crippen LogP contribution in [0.25, 0.3) is 0 Å². The molecule has 1 N–H and O–H groups in total. The highest BCUT2D eigenvalue weighted by atomic mass is 32.2. The molecule has 0 spiro atoms. The van der Waals surface area contributed by atoms with E-state index in [1.165, 1.54) is 35.7 Å². The second-order valence-corrected chi connectivity index (χ2v) is 7.04. The van der Waals surface area contributed by atoms with Crippen molar-refractivity contribution in [3.8, 4) is 0 Å². The lowest BCUT2D eigenvalue weighted by Gasteiger charge is -2.24. The van der Waals surface area contributed by atoms with Crippen molar-refractivity contribution in [2.45, 2.75) is 24.3 Å². The van der Waals surface area contributed by atoms with Crippen LogP contribution in [-0.2, 0) is 14.8 Å². The van der Waals surface area contributed by atoms with Crippen LogP contribution in [0.1, 0.15) is 23.7 Å². The summed E-state index contributed by atoms with van der Waals surface area (Å²) < 4.78 is 31.3. The quantitative estimate of drug-likeness (QED) is 0.834. The molecule has 1 aromatic carbocycles. The molecule has 0 bridgehead atoms. The molecule has 1 aliphatic heterocycles. The van der Waals surface area contributed by atoms with Gasteiger partial charge < -0.3 is 9.84 Å². The molecule has 2 unspecified atom stereocenters. The van der Waals surface area contributed by atoms with E-state index in [0.29, 0.717) is 13.0 Å². The summed E-state index contributed by atoms with van der Waals surface area (Å²) in [5, 5.41) is 9.42. The Hall–Kier alpha value is -1.44. The van der Waals surface area contributed by atoms with Gasteiger partial charge in [-0.2, -0.15) is 4.31 Å². The van der Waals surface area contributed by atoms with E-state index < -0.39 is 22.0 Å². The molecule has 1 heterocycles. The highest BCUT2D eigenvalue weighted by Gasteiger charge is 2.39. The third-order valence-electron chi connectivity index (χ3n) is 3.88. The average molecular weight is 313 g/mol. The molecule has 0 amide bonds. The van der Waals surface area contributed by atoms with Gasteiger partial charge in [-0.05, 0) is 30.5 Å². The number of aliphatic hydroxyl groups is 1. The number of esters is 1. The van der Waals surface area contributed by atoms with Gasteiger partial charge in [0.15, 0.2) is 0 Å². The Morgan fingerprint density at radius 3 is 2.81 bits per heavy atom. The molecule has 21 heavy (non-hydrogen) atoms. The molecule has 0 saturated carbocycles. The van der Waals surface area contributed by atoms with Crippen LogP contribution in [-0.4, -0.2) is 50.1 Å². The van der Waals surface area contributed by atoms with Crippen molar-refractivity contribution in [1.29, 1.82) is 0 Å². The maximum atomic E-state index is 12.7. The Kier molecular flexibility index (Phi) is 4.65. The van der Waals surface area contributed by atoms with E-state index in [0.717, 1.165) is 0 Å². The number of aliphatic hydroxyl groups excluding tert-OH is 1. The summed E-state index contributed by atoms with van der Waals surface area (Å²) >= 11 is 0. The molecule has 0 aliphatic carbocycles. The van der Waals surface area contributed by atoms with Gasteiger partial charge in [-0.25, -0.2) is 13.2 Å². The minimum absolute atomic E-state index is 0.0398. The van der Waals surface area contributed by atoms with E-state index in [4.69, 9.17) is 0 Å². The lowest BCUT2D eigenvalue weighted by atomic mass is 10.0. The minimum Gasteiger partial charge on any atom is -0.465 e. The third-order valence-corrected chi connectivity index (χ3v) is 5.80. The smallest absolute Gasteiger partial charge is 0.337 e. The van der Waals surface area contributed by atoms with Crippen LogP contribution >= 0.6 is 0 Å². The van der Waals surface area contributed by atoms with Crippen LogP contribution in [0.15, 0.2) is 29.2 Å². The molecule has 2 rings (SSSR count). The third kappa shape index (κ3) is 2.95. The second-order valence-electron chi connectivity index (χ2n) is 5.15. The van der Waals surface area contributed by atoms with Crippen molar-refractivity contribution >= 4 is 16.0 Å². The molecule has 1 aromatic rings. The van der Waals surface area contributed by atoms with Gasteiger partial charge >= 0.3 is 5.97 Å². The zero-order valence-electron chi connectivity index (χ0n) is 12.0. The summed E-state index contributed by atoms with van der Waals surface area (Å²) in [6, 6.07) is 5.34. The highest BCUT2D eigenvalue weighted by Crippen LogP contribution is 2.30. The first-order chi connectivity index (χ1) is 9.91. The Bertz CT molecular complexity index is 628. The van der Waals surface area contributed by atoms with E-state index in [-0.39, 0.29) is 23.0 Å². The molecular weight excluding hydrogens is 294 g/mol. The van der Waals surface area contributed by atoms with E-state index >= 15 is 0 Å². The van der Waals surface area contributed by atoms with Crippen LogP contribution in [0.2, 0.25) is 0 Å². The molecule has 116 valence electrons. The van der Waals surface area contributed by atoms with Crippen LogP contribution in [0.5, 0.6) is 0 Å². The lowest BCUT2D eigenvalue weighted by molar-refractivity contribution is 0.0600. The number of carbonyl (C=O) groups is 1. The number of nitrogens with zero attached hydrogens (tertiary/aromatic N) is 1. The van der Waals surface area contributed by atoms with Crippen molar-refractivity contribution in [3.63, 3.8) is 0 Å². The first kappa shape index (κ1) is 15.9. The number of sulfonamides is 1. The summed E-state index contributed by atoms with van der Waals surface area (Å²) in [5.74, 6) is -0.478. The number of methoxy groups -OCH3 is 1. The summed E-state index contributed by atoms with van der Waals surface area (Å²) in [6.45, 7) is 2.08. The van der Waals surface area contributed by atoms with Gasteiger partial charge in [0.2, 0.25) is 10.0 Å². The molecule has 0 radical (unpaired) electrons. The van der Waals surface area contributed by atoms with Crippen LogP contribution in [0.3, 0.4) is 0 Å². The van der Waals surface area contributed by atoms with Gasteiger partial charge in [-0.15, -0.1) is 0 Å². The van der Waals surface area contributed by atoms with Gasteiger partial charge in [0.05, 0.1) is 30.2 Å². The molecule has 0 aromatic heterocycles. The first-order valence-electron chi connectivity index (χ1n) is 6.73. The second kappa shape index (κ2) is 6.13. The number of carbonyl (C=O) groups excluding carboxylic acids is 1. The molecule has 2 atom stereocenters. The normalized spacial score (nSPS) is 23.2. The van der Waals surface area contributed by atoms with Crippen LogP contribution in [0, 0.1) is 5.92 Å². The number of hydrogen-bond donors (Lipinski definition) is 1. The summed E-state index contributed by atoms with van der Waals surface area (Å²) in [5.41, 5.74) is 0.186. The topological polar surface area (TPSA) is 83.9 Å². The van der Waals surface area contributed by atoms with E-state index in [1.54, 1.807) is 0 Å². The van der Waals surface area contributed by atoms with Gasteiger partial charge in [0, 0.05) is 6.54 Å². The SMILES string of the molecule is COC(=O)c1cccc(S(=O)(=O)N2CCC(C)C2CO)c1. The summed E-state index contributed by atoms with van der Waals surface area (Å²) in [7, 11) is -2.49. The maximum absolute atomic E-state index is 12.7. The maximum Gasteiger partial charge on any atom is 0.337 e. The number of benzene rings is 1. The molecule has 7 heteroatoms. The number of ether oxygens (including phenoxy) is 1. The van der Waals surface area contributed by atoms with Gasteiger partial charge in [0.1, 0.15) is 0 Å². The number of rotatable bonds is 4. The van der Waals surface area contributed by atoms with Crippen LogP contribution in [0.4, 0.5) is 0 Å². The predicted octanol–water partition coefficient (Wildman–Crippen LogP) is 0.865. The molecular formula is C14H19NO5S. The Morgan fingerprint density at radius 2 is 2.19 bits per heavy atom. The van der Waals surface area contributed by atoms with Gasteiger partial charge in [0.25, 0.3) is 0 Å². The zero-order chi connectivity index (χ0) is 15.6. The molecule has 1 aliphatic rings. The number of hydrogen-bond acceptors (Lipinski definition) is 5. The molecule has 1 saturated heterocycles. The van der Waals surface area contributed by atoms with Crippen molar-refractivity contribution in [3.05, 3.63) is 29.8 Å². The van der Waals surface area contributed by atoms with E-state index in [2.05, 4.69) is 4.74 Å². The van der Waals surface area contributed by atoms with E-state index in [1.807, 2.05) is 6.92 Å². The van der Waals surface area contributed by atoms with Crippen molar-refractivity contribution in [1.82, 2.24) is 4.31 Å². The Labute approximate surface area is 124 Å². The van der Waals surface area contributed by atoms with Crippen molar-refractivity contribution < 1.29 is 23.1 Å². The van der Waals surface area contributed by atoms with E-state index in [9.17, 15) is 18.3 Å². The largest absolute Gasteiger partial charge is 0.465 e. The Morgan fingerprint density at radius 1 is 1.48 bits per heavy atom. The Balaban J connectivity index is 2.38. The average Bonchev–Trinajstić information content (AvgIpc) is 2.88. The first-order valence-corrected chi connectivity index (χ1v) is 8.17.